The Balaban J connectivity index is 0.997. The molecule has 0 radical (unpaired) electrons. The molecule has 0 atom stereocenters. The van der Waals surface area contributed by atoms with Crippen molar-refractivity contribution in [2.45, 2.75) is 13.8 Å². The molecule has 0 saturated heterocycles. The fourth-order valence-electron chi connectivity index (χ4n) is 7.08. The summed E-state index contributed by atoms with van der Waals surface area (Å²) in [6, 6.07) is 73.6. The zero-order valence-corrected chi connectivity index (χ0v) is 30.7. The van der Waals surface area contributed by atoms with Gasteiger partial charge in [-0.3, -0.25) is 0 Å². The number of aryl methyl sites for hydroxylation is 2. The minimum Gasteiger partial charge on any atom is -0.311 e. The van der Waals surface area contributed by atoms with Crippen LogP contribution in [-0.4, -0.2) is 0 Å². The van der Waals surface area contributed by atoms with E-state index in [0.29, 0.717) is 0 Å². The third-order valence-corrected chi connectivity index (χ3v) is 9.72. The Morgan fingerprint density at radius 1 is 0.278 bits per heavy atom. The lowest BCUT2D eigenvalue weighted by Crippen LogP contribution is -2.10. The first kappa shape index (κ1) is 34.2. The van der Waals surface area contributed by atoms with E-state index >= 15 is 0 Å². The number of hydrogen-bond donors (Lipinski definition) is 0. The molecule has 0 heterocycles. The van der Waals surface area contributed by atoms with E-state index in [2.05, 4.69) is 242 Å². The Morgan fingerprint density at radius 2 is 0.574 bits per heavy atom. The standard InChI is InChI=1S/C52H42N2/c1-39-36-40(2)38-52(37-39)54(50-32-26-45(27-33-50)43-12-6-3-7-13-43)51-34-28-46(29-35-51)44-24-20-41(21-25-44)18-19-42-22-30-49(31-23-42)53(47-14-8-4-9-15-47)48-16-10-5-11-17-48/h3-38H,1-2H3/b19-18+. The SMILES string of the molecule is Cc1cc(C)cc(N(c2ccc(-c3ccccc3)cc2)c2ccc(-c3ccc(/C=C/c4ccc(N(c5ccccc5)c5ccccc5)cc4)cc3)cc2)c1. The van der Waals surface area contributed by atoms with Crippen molar-refractivity contribution in [1.82, 2.24) is 0 Å². The van der Waals surface area contributed by atoms with Gasteiger partial charge in [-0.15, -0.1) is 0 Å². The molecule has 0 unspecified atom stereocenters. The van der Waals surface area contributed by atoms with Crippen LogP contribution in [0.3, 0.4) is 0 Å². The van der Waals surface area contributed by atoms with Crippen LogP contribution < -0.4 is 9.80 Å². The summed E-state index contributed by atoms with van der Waals surface area (Å²) >= 11 is 0. The fourth-order valence-corrected chi connectivity index (χ4v) is 7.08. The molecular weight excluding hydrogens is 653 g/mol. The van der Waals surface area contributed by atoms with Crippen LogP contribution >= 0.6 is 0 Å². The van der Waals surface area contributed by atoms with Gasteiger partial charge in [0, 0.05) is 34.1 Å². The quantitative estimate of drug-likeness (QED) is 0.132. The van der Waals surface area contributed by atoms with Crippen molar-refractivity contribution in [2.24, 2.45) is 0 Å². The van der Waals surface area contributed by atoms with Gasteiger partial charge in [-0.05, 0) is 131 Å². The zero-order valence-electron chi connectivity index (χ0n) is 30.7. The van der Waals surface area contributed by atoms with E-state index in [1.54, 1.807) is 0 Å². The third-order valence-electron chi connectivity index (χ3n) is 9.72. The minimum absolute atomic E-state index is 1.12. The topological polar surface area (TPSA) is 6.48 Å². The number of benzene rings is 8. The van der Waals surface area contributed by atoms with Crippen LogP contribution in [0.4, 0.5) is 34.1 Å². The molecule has 8 rings (SSSR count). The molecule has 0 saturated carbocycles. The highest BCUT2D eigenvalue weighted by molar-refractivity contribution is 5.81. The monoisotopic (exact) mass is 694 g/mol. The average molecular weight is 695 g/mol. The van der Waals surface area contributed by atoms with Gasteiger partial charge in [0.25, 0.3) is 0 Å². The predicted molar refractivity (Wildman–Crippen MR) is 232 cm³/mol. The van der Waals surface area contributed by atoms with E-state index in [9.17, 15) is 0 Å². The first-order chi connectivity index (χ1) is 26.6. The van der Waals surface area contributed by atoms with Gasteiger partial charge in [0.15, 0.2) is 0 Å². The van der Waals surface area contributed by atoms with Crippen molar-refractivity contribution >= 4 is 46.3 Å². The molecule has 0 amide bonds. The van der Waals surface area contributed by atoms with Crippen LogP contribution in [0.5, 0.6) is 0 Å². The van der Waals surface area contributed by atoms with E-state index in [1.165, 1.54) is 33.4 Å². The Hall–Kier alpha value is -6.90. The van der Waals surface area contributed by atoms with Gasteiger partial charge in [-0.25, -0.2) is 0 Å². The molecule has 2 heteroatoms. The largest absolute Gasteiger partial charge is 0.311 e. The van der Waals surface area contributed by atoms with E-state index in [0.717, 1.165) is 45.3 Å². The van der Waals surface area contributed by atoms with E-state index in [-0.39, 0.29) is 0 Å². The van der Waals surface area contributed by atoms with Crippen LogP contribution in [0.1, 0.15) is 22.3 Å². The number of para-hydroxylation sites is 2. The van der Waals surface area contributed by atoms with Crippen LogP contribution in [0.25, 0.3) is 34.4 Å². The summed E-state index contributed by atoms with van der Waals surface area (Å²) in [4.78, 5) is 4.63. The summed E-state index contributed by atoms with van der Waals surface area (Å²) < 4.78 is 0. The molecule has 2 nitrogen and oxygen atoms in total. The van der Waals surface area contributed by atoms with E-state index < -0.39 is 0 Å². The average Bonchev–Trinajstić information content (AvgIpc) is 3.22. The summed E-state index contributed by atoms with van der Waals surface area (Å²) in [6.07, 6.45) is 4.36. The van der Waals surface area contributed by atoms with Crippen molar-refractivity contribution in [1.29, 1.82) is 0 Å². The molecule has 0 N–H and O–H groups in total. The second-order valence-corrected chi connectivity index (χ2v) is 13.7. The second kappa shape index (κ2) is 15.8. The first-order valence-corrected chi connectivity index (χ1v) is 18.5. The van der Waals surface area contributed by atoms with Crippen LogP contribution in [-0.2, 0) is 0 Å². The molecule has 8 aromatic carbocycles. The zero-order chi connectivity index (χ0) is 36.7. The van der Waals surface area contributed by atoms with Crippen molar-refractivity contribution in [3.05, 3.63) is 229 Å². The summed E-state index contributed by atoms with van der Waals surface area (Å²) in [6.45, 7) is 4.33. The van der Waals surface area contributed by atoms with Crippen LogP contribution in [0.15, 0.2) is 206 Å². The minimum atomic E-state index is 1.12. The van der Waals surface area contributed by atoms with E-state index in [1.807, 2.05) is 0 Å². The molecule has 54 heavy (non-hydrogen) atoms. The maximum atomic E-state index is 2.35. The lowest BCUT2D eigenvalue weighted by atomic mass is 10.0. The molecule has 0 aliphatic heterocycles. The molecule has 8 aromatic rings. The number of hydrogen-bond acceptors (Lipinski definition) is 2. The summed E-state index contributed by atoms with van der Waals surface area (Å²) in [5.74, 6) is 0. The van der Waals surface area contributed by atoms with Gasteiger partial charge < -0.3 is 9.80 Å². The Bertz CT molecular complexity index is 2390. The van der Waals surface area contributed by atoms with Gasteiger partial charge in [0.05, 0.1) is 0 Å². The molecule has 0 aliphatic carbocycles. The maximum absolute atomic E-state index is 2.35. The molecule has 260 valence electrons. The van der Waals surface area contributed by atoms with E-state index in [4.69, 9.17) is 0 Å². The Kier molecular flexibility index (Phi) is 9.99. The molecule has 0 fully saturated rings. The fraction of sp³-hybridized carbons (Fsp3) is 0.0385. The first-order valence-electron chi connectivity index (χ1n) is 18.5. The summed E-state index contributed by atoms with van der Waals surface area (Å²) in [5.41, 5.74) is 16.4. The number of anilines is 6. The van der Waals surface area contributed by atoms with Gasteiger partial charge in [0.2, 0.25) is 0 Å². The molecule has 0 spiro atoms. The highest BCUT2D eigenvalue weighted by Gasteiger charge is 2.15. The van der Waals surface area contributed by atoms with Crippen LogP contribution in [0, 0.1) is 13.8 Å². The van der Waals surface area contributed by atoms with Crippen molar-refractivity contribution in [3.63, 3.8) is 0 Å². The normalized spacial score (nSPS) is 11.1. The maximum Gasteiger partial charge on any atom is 0.0466 e. The molecule has 0 aliphatic rings. The van der Waals surface area contributed by atoms with Gasteiger partial charge in [0.1, 0.15) is 0 Å². The van der Waals surface area contributed by atoms with Gasteiger partial charge in [-0.2, -0.15) is 0 Å². The van der Waals surface area contributed by atoms with Gasteiger partial charge in [-0.1, -0.05) is 146 Å². The van der Waals surface area contributed by atoms with Crippen molar-refractivity contribution < 1.29 is 0 Å². The van der Waals surface area contributed by atoms with Crippen molar-refractivity contribution in [2.75, 3.05) is 9.80 Å². The Morgan fingerprint density at radius 3 is 1.00 bits per heavy atom. The second-order valence-electron chi connectivity index (χ2n) is 13.7. The van der Waals surface area contributed by atoms with Gasteiger partial charge >= 0.3 is 0 Å². The summed E-state index contributed by atoms with van der Waals surface area (Å²) in [7, 11) is 0. The molecule has 0 aromatic heterocycles. The lowest BCUT2D eigenvalue weighted by Gasteiger charge is -2.26. The molecular formula is C52H42N2. The third kappa shape index (κ3) is 7.79. The number of rotatable bonds is 10. The Labute approximate surface area is 319 Å². The lowest BCUT2D eigenvalue weighted by molar-refractivity contribution is 1.25. The highest BCUT2D eigenvalue weighted by Crippen LogP contribution is 2.38. The van der Waals surface area contributed by atoms with Crippen LogP contribution in [0.2, 0.25) is 0 Å². The highest BCUT2D eigenvalue weighted by atomic mass is 15.1. The van der Waals surface area contributed by atoms with Crippen molar-refractivity contribution in [3.8, 4) is 22.3 Å². The predicted octanol–water partition coefficient (Wildman–Crippen LogP) is 14.7. The summed E-state index contributed by atoms with van der Waals surface area (Å²) in [5, 5.41) is 0. The smallest absolute Gasteiger partial charge is 0.0466 e. The number of nitrogens with zero attached hydrogens (tertiary/aromatic N) is 2. The molecule has 0 bridgehead atoms.